The smallest absolute Gasteiger partial charge is 0.347 e. The monoisotopic (exact) mass is 1670 g/mol. The predicted octanol–water partition coefficient (Wildman–Crippen LogP) is 19.0. The Balaban J connectivity index is 0.000000133. The number of halogens is 4. The third-order valence-corrected chi connectivity index (χ3v) is 23.9. The van der Waals surface area contributed by atoms with E-state index >= 15 is 0 Å². The molecule has 0 bridgehead atoms. The zero-order chi connectivity index (χ0) is 86.9. The number of aryl methyl sites for hydroxylation is 3. The van der Waals surface area contributed by atoms with Gasteiger partial charge >= 0.3 is 6.18 Å². The lowest BCUT2D eigenvalue weighted by Crippen LogP contribution is -2.45. The lowest BCUT2D eigenvalue weighted by atomic mass is 9.96. The number of nitrogens with one attached hydrogen (secondary N) is 4. The molecule has 28 heteroatoms. The van der Waals surface area contributed by atoms with Crippen LogP contribution < -0.4 is 21.3 Å². The maximum Gasteiger partial charge on any atom is 0.416 e. The molecule has 17 rings (SSSR count). The van der Waals surface area contributed by atoms with Crippen molar-refractivity contribution in [1.82, 2.24) is 102 Å². The van der Waals surface area contributed by atoms with Crippen LogP contribution in [0.4, 0.5) is 13.2 Å². The second-order valence-corrected chi connectivity index (χ2v) is 36.4. The summed E-state index contributed by atoms with van der Waals surface area (Å²) in [5.41, 5.74) is 12.9. The zero-order valence-corrected chi connectivity index (χ0v) is 72.5. The average molecular weight is 1670 g/mol. The van der Waals surface area contributed by atoms with Crippen molar-refractivity contribution in [1.29, 1.82) is 0 Å². The maximum absolute atomic E-state index is 13.2. The SMILES string of the molecule is CC(C)c1nnnn1-c1cc(C(=O)NC(C)(C)C2CC2)cc(-c2ccc(C(F)(F)F)cc2)c1.CC(C)c1nnnn1-c1cc(C(=O)NC(C)(C)C2CC2)cc(-c2ccc(Cl)cc2)c1.CCc1nnnn1-c1cc(C(=O)NC(C)(C)C2CC2)cc(-c2ccc(C)cc2)c1.Cc1ccc(-c2cc(C(=O)NC(C)(C)C3CC3)cc(-n3nnnc3C3CC3)c2)cc1. The van der Waals surface area contributed by atoms with Gasteiger partial charge in [0.05, 0.1) is 28.3 Å². The molecule has 4 amide bonds. The molecule has 5 aliphatic rings. The molecule has 24 nitrogen and oxygen atoms in total. The van der Waals surface area contributed by atoms with Gasteiger partial charge in [-0.3, -0.25) is 19.2 Å². The molecule has 634 valence electrons. The number of tetrazole rings is 4. The van der Waals surface area contributed by atoms with E-state index in [0.29, 0.717) is 85.9 Å². The molecule has 0 unspecified atom stereocenters. The first-order chi connectivity index (χ1) is 58.0. The normalized spacial score (nSPS) is 14.8. The van der Waals surface area contributed by atoms with E-state index in [1.807, 2.05) is 121 Å². The first-order valence-corrected chi connectivity index (χ1v) is 42.5. The topological polar surface area (TPSA) is 291 Å². The van der Waals surface area contributed by atoms with Crippen molar-refractivity contribution in [2.75, 3.05) is 0 Å². The Hall–Kier alpha value is -12.0. The summed E-state index contributed by atoms with van der Waals surface area (Å²) in [7, 11) is 0. The van der Waals surface area contributed by atoms with Crippen LogP contribution in [0.2, 0.25) is 5.02 Å². The van der Waals surface area contributed by atoms with E-state index in [1.165, 1.54) is 48.9 Å². The molecule has 5 saturated carbocycles. The van der Waals surface area contributed by atoms with Crippen molar-refractivity contribution in [3.8, 4) is 67.3 Å². The van der Waals surface area contributed by atoms with Gasteiger partial charge in [0, 0.05) is 73.6 Å². The van der Waals surface area contributed by atoms with Crippen molar-refractivity contribution in [2.45, 2.75) is 221 Å². The fourth-order valence-corrected chi connectivity index (χ4v) is 15.4. The standard InChI is InChI=1S/C24H26F3N5O.C24H27N5O.C23H26ClN5O.C23H27N5O/c1-14(2)21-29-30-31-32(21)20-12-16(15-5-7-19(8-6-15)24(25,26)27)11-17(13-20)22(33)28-23(3,4)18-9-10-18;1-15-4-6-16(7-5-15)18-12-19(23(30)25-24(2,3)20-10-11-20)14-21(13-18)29-22(17-8-9-17)26-27-28-29;1-14(2)21-26-27-28-29(21)20-12-16(15-5-9-19(24)10-6-15)11-17(13-20)22(30)25-23(3,4)18-7-8-18;1-5-21-25-26-27-28(21)20-13-17(16-8-6-15(2)7-9-16)12-18(14-20)22(29)24-23(3,4)19-10-11-19/h5-8,11-14,18H,9-10H2,1-4H3,(H,28,33);4-7,12-14,17,20H,8-11H2,1-3H3,(H,25,30);5-6,9-14,18H,7-8H2,1-4H3,(H,25,30);6-9,12-14,19H,5,10-11H2,1-4H3,(H,24,29). The molecule has 5 aliphatic carbocycles. The molecule has 4 N–H and O–H groups in total. The van der Waals surface area contributed by atoms with E-state index in [9.17, 15) is 32.3 Å². The fourth-order valence-electron chi connectivity index (χ4n) is 15.3. The van der Waals surface area contributed by atoms with E-state index in [1.54, 1.807) is 36.9 Å². The van der Waals surface area contributed by atoms with E-state index in [2.05, 4.69) is 193 Å². The van der Waals surface area contributed by atoms with Gasteiger partial charge in [0.15, 0.2) is 23.3 Å². The molecular formula is C94H106ClF3N20O4. The lowest BCUT2D eigenvalue weighted by molar-refractivity contribution is -0.137. The van der Waals surface area contributed by atoms with E-state index in [0.717, 1.165) is 119 Å². The Morgan fingerprint density at radius 1 is 0.377 bits per heavy atom. The molecule has 0 radical (unpaired) electrons. The predicted molar refractivity (Wildman–Crippen MR) is 464 cm³/mol. The molecule has 4 heterocycles. The number of amides is 4. The molecule has 0 saturated heterocycles. The Bertz CT molecular complexity index is 5600. The Morgan fingerprint density at radius 2 is 0.664 bits per heavy atom. The highest BCUT2D eigenvalue weighted by Crippen LogP contribution is 2.45. The Kier molecular flexibility index (Phi) is 24.9. The number of hydrogen-bond donors (Lipinski definition) is 4. The molecule has 8 aromatic carbocycles. The molecule has 122 heavy (non-hydrogen) atoms. The number of benzene rings is 8. The number of aromatic nitrogens is 16. The van der Waals surface area contributed by atoms with Crippen LogP contribution in [0.5, 0.6) is 0 Å². The first kappa shape index (κ1) is 86.4. The first-order valence-electron chi connectivity index (χ1n) is 42.1. The van der Waals surface area contributed by atoms with Crippen molar-refractivity contribution in [3.05, 3.63) is 237 Å². The van der Waals surface area contributed by atoms with Gasteiger partial charge in [-0.2, -0.15) is 31.9 Å². The number of alkyl halides is 3. The number of nitrogens with zero attached hydrogens (tertiary/aromatic N) is 16. The van der Waals surface area contributed by atoms with Crippen LogP contribution in [0.1, 0.15) is 253 Å². The number of carbonyl (C=O) groups excluding carboxylic acids is 4. The van der Waals surface area contributed by atoms with Crippen LogP contribution in [0.15, 0.2) is 170 Å². The highest BCUT2D eigenvalue weighted by atomic mass is 35.5. The summed E-state index contributed by atoms with van der Waals surface area (Å²) >= 11 is 6.06. The summed E-state index contributed by atoms with van der Waals surface area (Å²) in [6.07, 6.45) is 7.68. The number of carbonyl (C=O) groups is 4. The Morgan fingerprint density at radius 3 is 0.975 bits per heavy atom. The van der Waals surface area contributed by atoms with E-state index < -0.39 is 11.7 Å². The van der Waals surface area contributed by atoms with Crippen LogP contribution in [0, 0.1) is 37.5 Å². The molecule has 5 fully saturated rings. The second kappa shape index (κ2) is 35.2. The zero-order valence-electron chi connectivity index (χ0n) is 71.8. The molecule has 4 aromatic heterocycles. The highest BCUT2D eigenvalue weighted by molar-refractivity contribution is 6.30. The summed E-state index contributed by atoms with van der Waals surface area (Å²) in [5.74, 6) is 5.20. The van der Waals surface area contributed by atoms with Crippen LogP contribution in [-0.4, -0.2) is 127 Å². The van der Waals surface area contributed by atoms with Crippen LogP contribution in [-0.2, 0) is 12.6 Å². The number of hydrogen-bond acceptors (Lipinski definition) is 16. The van der Waals surface area contributed by atoms with E-state index in [4.69, 9.17) is 11.6 Å². The van der Waals surface area contributed by atoms with Crippen molar-refractivity contribution in [2.24, 2.45) is 23.7 Å². The third-order valence-electron chi connectivity index (χ3n) is 23.6. The maximum atomic E-state index is 13.2. The van der Waals surface area contributed by atoms with E-state index in [-0.39, 0.29) is 57.6 Å². The summed E-state index contributed by atoms with van der Waals surface area (Å²) in [6, 6.07) is 51.8. The van der Waals surface area contributed by atoms with Crippen LogP contribution in [0.25, 0.3) is 67.3 Å². The quantitative estimate of drug-likeness (QED) is 0.0437. The summed E-state index contributed by atoms with van der Waals surface area (Å²) < 4.78 is 45.8. The van der Waals surface area contributed by atoms with Gasteiger partial charge in [-0.05, 0) is 340 Å². The summed E-state index contributed by atoms with van der Waals surface area (Å²) in [6.45, 7) is 30.7. The molecular weight excluding hydrogens is 1570 g/mol. The van der Waals surface area contributed by atoms with Crippen molar-refractivity contribution >= 4 is 35.2 Å². The van der Waals surface area contributed by atoms with Gasteiger partial charge in [0.25, 0.3) is 23.6 Å². The van der Waals surface area contributed by atoms with Crippen molar-refractivity contribution < 1.29 is 32.3 Å². The molecule has 12 aromatic rings. The second-order valence-electron chi connectivity index (χ2n) is 36.0. The number of rotatable bonds is 24. The third kappa shape index (κ3) is 20.9. The van der Waals surface area contributed by atoms with Gasteiger partial charge in [0.1, 0.15) is 0 Å². The van der Waals surface area contributed by atoms with Crippen LogP contribution in [0.3, 0.4) is 0 Å². The largest absolute Gasteiger partial charge is 0.416 e. The minimum Gasteiger partial charge on any atom is -0.347 e. The van der Waals surface area contributed by atoms with Crippen molar-refractivity contribution in [3.63, 3.8) is 0 Å². The molecule has 0 spiro atoms. The molecule has 0 aliphatic heterocycles. The fraction of sp³-hybridized carbons (Fsp3) is 0.404. The van der Waals surface area contributed by atoms with Gasteiger partial charge in [0.2, 0.25) is 0 Å². The van der Waals surface area contributed by atoms with Gasteiger partial charge in [-0.25, -0.2) is 0 Å². The van der Waals surface area contributed by atoms with Gasteiger partial charge < -0.3 is 21.3 Å². The minimum absolute atomic E-state index is 0.0285. The summed E-state index contributed by atoms with van der Waals surface area (Å²) in [5, 5.41) is 62.0. The van der Waals surface area contributed by atoms with Gasteiger partial charge in [-0.15, -0.1) is 20.4 Å². The Labute approximate surface area is 714 Å². The van der Waals surface area contributed by atoms with Gasteiger partial charge in [-0.1, -0.05) is 130 Å². The highest BCUT2D eigenvalue weighted by Gasteiger charge is 2.43. The average Bonchev–Trinajstić information content (AvgIpc) is 1.58. The summed E-state index contributed by atoms with van der Waals surface area (Å²) in [4.78, 5) is 52.7. The lowest BCUT2D eigenvalue weighted by Gasteiger charge is -2.26. The minimum atomic E-state index is -4.42. The molecule has 0 atom stereocenters. The van der Waals surface area contributed by atoms with Crippen LogP contribution >= 0.6 is 11.6 Å².